The minimum atomic E-state index is 0.691. The molecule has 22 heavy (non-hydrogen) atoms. The molecule has 0 radical (unpaired) electrons. The van der Waals surface area contributed by atoms with E-state index in [9.17, 15) is 0 Å². The van der Waals surface area contributed by atoms with E-state index in [0.29, 0.717) is 5.02 Å². The van der Waals surface area contributed by atoms with Crippen LogP contribution in [0.2, 0.25) is 10.0 Å². The molecular formula is C17H19Cl2N3. The molecule has 116 valence electrons. The molecule has 1 aromatic heterocycles. The zero-order valence-electron chi connectivity index (χ0n) is 12.4. The van der Waals surface area contributed by atoms with Gasteiger partial charge in [-0.25, -0.2) is 0 Å². The van der Waals surface area contributed by atoms with Gasteiger partial charge in [-0.05, 0) is 35.4 Å². The van der Waals surface area contributed by atoms with Gasteiger partial charge in [-0.2, -0.15) is 0 Å². The molecule has 0 N–H and O–H groups in total. The van der Waals surface area contributed by atoms with Crippen LogP contribution in [0.25, 0.3) is 0 Å². The predicted octanol–water partition coefficient (Wildman–Crippen LogP) is 3.71. The van der Waals surface area contributed by atoms with E-state index in [0.717, 1.165) is 49.9 Å². The molecule has 2 heterocycles. The number of aromatic nitrogens is 1. The SMILES string of the molecule is Clc1ccc(CN2CCN(Cc3ccncc3)CC2)c(Cl)c1. The second-order valence-corrected chi connectivity index (χ2v) is 6.49. The van der Waals surface area contributed by atoms with Crippen LogP contribution in [-0.2, 0) is 13.1 Å². The summed E-state index contributed by atoms with van der Waals surface area (Å²) in [7, 11) is 0. The van der Waals surface area contributed by atoms with E-state index < -0.39 is 0 Å². The van der Waals surface area contributed by atoms with Crippen molar-refractivity contribution in [2.75, 3.05) is 26.2 Å². The molecule has 1 fully saturated rings. The molecule has 0 bridgehead atoms. The van der Waals surface area contributed by atoms with E-state index in [1.165, 1.54) is 5.56 Å². The Kier molecular flexibility index (Phi) is 5.32. The summed E-state index contributed by atoms with van der Waals surface area (Å²) in [5, 5.41) is 1.45. The van der Waals surface area contributed by atoms with Gasteiger partial charge >= 0.3 is 0 Å². The third-order valence-electron chi connectivity index (χ3n) is 4.03. The summed E-state index contributed by atoms with van der Waals surface area (Å²) in [5.41, 5.74) is 2.47. The van der Waals surface area contributed by atoms with Gasteiger partial charge < -0.3 is 0 Å². The zero-order valence-corrected chi connectivity index (χ0v) is 13.9. The van der Waals surface area contributed by atoms with Gasteiger partial charge in [0, 0.05) is 61.7 Å². The monoisotopic (exact) mass is 335 g/mol. The second kappa shape index (κ2) is 7.42. The fourth-order valence-corrected chi connectivity index (χ4v) is 3.21. The Morgan fingerprint density at radius 1 is 0.864 bits per heavy atom. The van der Waals surface area contributed by atoms with Crippen molar-refractivity contribution in [1.82, 2.24) is 14.8 Å². The van der Waals surface area contributed by atoms with Gasteiger partial charge in [-0.3, -0.25) is 14.8 Å². The fourth-order valence-electron chi connectivity index (χ4n) is 2.74. The Balaban J connectivity index is 1.51. The Labute approximate surface area is 141 Å². The lowest BCUT2D eigenvalue weighted by Crippen LogP contribution is -2.45. The Hall–Kier alpha value is -1.13. The standard InChI is InChI=1S/C17H19Cl2N3/c18-16-2-1-15(17(19)11-16)13-22-9-7-21(8-10-22)12-14-3-5-20-6-4-14/h1-6,11H,7-10,12-13H2. The van der Waals surface area contributed by atoms with Gasteiger partial charge in [-0.15, -0.1) is 0 Å². The Morgan fingerprint density at radius 3 is 2.14 bits per heavy atom. The lowest BCUT2D eigenvalue weighted by atomic mass is 10.2. The summed E-state index contributed by atoms with van der Waals surface area (Å²) < 4.78 is 0. The first kappa shape index (κ1) is 15.8. The van der Waals surface area contributed by atoms with Crippen molar-refractivity contribution in [2.45, 2.75) is 13.1 Å². The maximum Gasteiger partial charge on any atom is 0.0465 e. The first-order valence-corrected chi connectivity index (χ1v) is 8.24. The smallest absolute Gasteiger partial charge is 0.0465 e. The number of hydrogen-bond acceptors (Lipinski definition) is 3. The maximum absolute atomic E-state index is 6.26. The van der Waals surface area contributed by atoms with Gasteiger partial charge in [-0.1, -0.05) is 29.3 Å². The van der Waals surface area contributed by atoms with Gasteiger partial charge in [0.05, 0.1) is 0 Å². The van der Waals surface area contributed by atoms with Crippen molar-refractivity contribution in [3.05, 3.63) is 63.9 Å². The van der Waals surface area contributed by atoms with E-state index in [1.54, 1.807) is 0 Å². The quantitative estimate of drug-likeness (QED) is 0.849. The number of nitrogens with zero attached hydrogens (tertiary/aromatic N) is 3. The number of halogens is 2. The number of benzene rings is 1. The molecule has 0 atom stereocenters. The number of piperazine rings is 1. The average molecular weight is 336 g/mol. The van der Waals surface area contributed by atoms with Crippen LogP contribution in [0.15, 0.2) is 42.7 Å². The van der Waals surface area contributed by atoms with Crippen LogP contribution in [0.1, 0.15) is 11.1 Å². The predicted molar refractivity (Wildman–Crippen MR) is 91.3 cm³/mol. The molecule has 1 aliphatic rings. The van der Waals surface area contributed by atoms with Gasteiger partial charge in [0.15, 0.2) is 0 Å². The fraction of sp³-hybridized carbons (Fsp3) is 0.353. The van der Waals surface area contributed by atoms with Crippen LogP contribution in [0.3, 0.4) is 0 Å². The Morgan fingerprint density at radius 2 is 1.50 bits per heavy atom. The first-order chi connectivity index (χ1) is 10.7. The molecule has 0 saturated carbocycles. The lowest BCUT2D eigenvalue weighted by molar-refractivity contribution is 0.122. The normalized spacial score (nSPS) is 16.8. The molecule has 0 aliphatic carbocycles. The maximum atomic E-state index is 6.26. The number of rotatable bonds is 4. The summed E-state index contributed by atoms with van der Waals surface area (Å²) in [6, 6.07) is 9.91. The molecule has 5 heteroatoms. The highest BCUT2D eigenvalue weighted by Gasteiger charge is 2.17. The molecule has 0 amide bonds. The van der Waals surface area contributed by atoms with Crippen molar-refractivity contribution >= 4 is 23.2 Å². The van der Waals surface area contributed by atoms with E-state index in [-0.39, 0.29) is 0 Å². The highest BCUT2D eigenvalue weighted by atomic mass is 35.5. The highest BCUT2D eigenvalue weighted by Crippen LogP contribution is 2.22. The molecule has 3 rings (SSSR count). The second-order valence-electron chi connectivity index (χ2n) is 5.64. The molecule has 2 aromatic rings. The molecule has 0 unspecified atom stereocenters. The zero-order chi connectivity index (χ0) is 15.4. The van der Waals surface area contributed by atoms with Crippen molar-refractivity contribution in [3.8, 4) is 0 Å². The van der Waals surface area contributed by atoms with Crippen LogP contribution in [0, 0.1) is 0 Å². The lowest BCUT2D eigenvalue weighted by Gasteiger charge is -2.34. The van der Waals surface area contributed by atoms with Crippen molar-refractivity contribution < 1.29 is 0 Å². The molecule has 3 nitrogen and oxygen atoms in total. The summed E-state index contributed by atoms with van der Waals surface area (Å²) in [4.78, 5) is 8.99. The van der Waals surface area contributed by atoms with Gasteiger partial charge in [0.25, 0.3) is 0 Å². The van der Waals surface area contributed by atoms with Gasteiger partial charge in [0.2, 0.25) is 0 Å². The average Bonchev–Trinajstić information content (AvgIpc) is 2.53. The summed E-state index contributed by atoms with van der Waals surface area (Å²) >= 11 is 12.2. The third kappa shape index (κ3) is 4.20. The number of hydrogen-bond donors (Lipinski definition) is 0. The summed E-state index contributed by atoms with van der Waals surface area (Å²) in [6.07, 6.45) is 3.71. The van der Waals surface area contributed by atoms with E-state index in [2.05, 4.69) is 26.9 Å². The minimum absolute atomic E-state index is 0.691. The van der Waals surface area contributed by atoms with Gasteiger partial charge in [0.1, 0.15) is 0 Å². The largest absolute Gasteiger partial charge is 0.297 e. The van der Waals surface area contributed by atoms with E-state index in [1.807, 2.05) is 30.6 Å². The van der Waals surface area contributed by atoms with Crippen LogP contribution in [-0.4, -0.2) is 41.0 Å². The van der Waals surface area contributed by atoms with E-state index >= 15 is 0 Å². The molecule has 1 aliphatic heterocycles. The third-order valence-corrected chi connectivity index (χ3v) is 4.62. The highest BCUT2D eigenvalue weighted by molar-refractivity contribution is 6.35. The Bertz CT molecular complexity index is 611. The van der Waals surface area contributed by atoms with Crippen molar-refractivity contribution in [3.63, 3.8) is 0 Å². The van der Waals surface area contributed by atoms with Crippen LogP contribution >= 0.6 is 23.2 Å². The van der Waals surface area contributed by atoms with E-state index in [4.69, 9.17) is 23.2 Å². The summed E-state index contributed by atoms with van der Waals surface area (Å²) in [5.74, 6) is 0. The topological polar surface area (TPSA) is 19.4 Å². The van der Waals surface area contributed by atoms with Crippen LogP contribution in [0.4, 0.5) is 0 Å². The molecule has 0 spiro atoms. The van der Waals surface area contributed by atoms with Crippen LogP contribution < -0.4 is 0 Å². The molecule has 1 saturated heterocycles. The van der Waals surface area contributed by atoms with Crippen molar-refractivity contribution in [1.29, 1.82) is 0 Å². The molecular weight excluding hydrogens is 317 g/mol. The minimum Gasteiger partial charge on any atom is -0.297 e. The van der Waals surface area contributed by atoms with Crippen LogP contribution in [0.5, 0.6) is 0 Å². The summed E-state index contributed by atoms with van der Waals surface area (Å²) in [6.45, 7) is 6.16. The molecule has 1 aromatic carbocycles. The number of pyridine rings is 1. The first-order valence-electron chi connectivity index (χ1n) is 7.48. The van der Waals surface area contributed by atoms with Crippen molar-refractivity contribution in [2.24, 2.45) is 0 Å².